The Hall–Kier alpha value is -2.30. The van der Waals surface area contributed by atoms with Gasteiger partial charge in [-0.1, -0.05) is 42.7 Å². The van der Waals surface area contributed by atoms with Crippen LogP contribution in [0.15, 0.2) is 32.2 Å². The van der Waals surface area contributed by atoms with Crippen LogP contribution in [0.1, 0.15) is 59.9 Å². The lowest BCUT2D eigenvalue weighted by Crippen LogP contribution is -2.55. The normalized spacial score (nSPS) is 16.7. The third-order valence-corrected chi connectivity index (χ3v) is 8.83. The number of fused-ring (bicyclic) bond motifs is 1. The van der Waals surface area contributed by atoms with Gasteiger partial charge < -0.3 is 19.1 Å². The van der Waals surface area contributed by atoms with Crippen molar-refractivity contribution < 1.29 is 28.6 Å². The predicted molar refractivity (Wildman–Crippen MR) is 149 cm³/mol. The van der Waals surface area contributed by atoms with Gasteiger partial charge in [0.2, 0.25) is 5.91 Å². The number of hydrogen-bond donors (Lipinski definition) is 0. The number of thiocarbonyl (C=S) groups is 1. The monoisotopic (exact) mass is 549 g/mol. The van der Waals surface area contributed by atoms with Crippen molar-refractivity contribution >= 4 is 69.7 Å². The summed E-state index contributed by atoms with van der Waals surface area (Å²) in [7, 11) is 0. The number of thioether (sulfide) groups is 2. The van der Waals surface area contributed by atoms with E-state index in [4.69, 9.17) is 26.4 Å². The molecule has 36 heavy (non-hydrogen) atoms. The summed E-state index contributed by atoms with van der Waals surface area (Å²) in [5.41, 5.74) is 1.31. The molecule has 0 atom stereocenters. The molecule has 0 fully saturated rings. The van der Waals surface area contributed by atoms with Crippen molar-refractivity contribution in [2.24, 2.45) is 0 Å². The van der Waals surface area contributed by atoms with E-state index in [0.717, 1.165) is 29.1 Å². The second-order valence-corrected chi connectivity index (χ2v) is 11.2. The molecule has 10 heteroatoms. The fourth-order valence-corrected chi connectivity index (χ4v) is 7.02. The van der Waals surface area contributed by atoms with Crippen molar-refractivity contribution in [2.45, 2.75) is 59.9 Å². The standard InChI is InChI=1S/C26H31NO6S3/c1-7-11-18(28)27-17-13-12-15(31-8-2)14-16(17)19(22(34)26(27,5)6)25-35-20(23(29)32-9-3)21(36-25)24(30)33-10-4/h12-14H,7-11H2,1-6H3. The van der Waals surface area contributed by atoms with Crippen molar-refractivity contribution in [1.29, 1.82) is 0 Å². The Balaban J connectivity index is 2.24. The number of benzene rings is 1. The molecule has 1 amide bonds. The van der Waals surface area contributed by atoms with E-state index in [0.29, 0.717) is 45.6 Å². The Morgan fingerprint density at radius 3 is 2.03 bits per heavy atom. The number of carbonyl (C=O) groups excluding carboxylic acids is 3. The molecule has 0 saturated heterocycles. The number of hydrogen-bond acceptors (Lipinski definition) is 9. The summed E-state index contributed by atoms with van der Waals surface area (Å²) in [5.74, 6) is -0.559. The summed E-state index contributed by atoms with van der Waals surface area (Å²) in [6.07, 6.45) is 1.09. The van der Waals surface area contributed by atoms with Crippen LogP contribution in [0.25, 0.3) is 5.57 Å². The third kappa shape index (κ3) is 5.35. The van der Waals surface area contributed by atoms with Crippen LogP contribution in [0.5, 0.6) is 5.75 Å². The molecule has 2 aliphatic rings. The second-order valence-electron chi connectivity index (χ2n) is 8.45. The van der Waals surface area contributed by atoms with E-state index in [1.807, 2.05) is 45.9 Å². The molecule has 3 rings (SSSR count). The SMILES string of the molecule is CCCC(=O)N1c2ccc(OCC)cc2C(=C2SC(C(=O)OCC)=C(C(=O)OCC)S2)C(=S)C1(C)C. The molecule has 0 spiro atoms. The van der Waals surface area contributed by atoms with E-state index in [2.05, 4.69) is 0 Å². The van der Waals surface area contributed by atoms with Crippen molar-refractivity contribution in [3.05, 3.63) is 37.8 Å². The van der Waals surface area contributed by atoms with E-state index in [1.54, 1.807) is 18.7 Å². The van der Waals surface area contributed by atoms with Gasteiger partial charge in [-0.15, -0.1) is 0 Å². The summed E-state index contributed by atoms with van der Waals surface area (Å²) in [6, 6.07) is 5.57. The minimum Gasteiger partial charge on any atom is -0.494 e. The number of amides is 1. The zero-order chi connectivity index (χ0) is 26.6. The molecule has 1 aromatic rings. The average Bonchev–Trinajstić information content (AvgIpc) is 3.26. The van der Waals surface area contributed by atoms with Crippen molar-refractivity contribution in [2.75, 3.05) is 24.7 Å². The van der Waals surface area contributed by atoms with Gasteiger partial charge in [-0.2, -0.15) is 0 Å². The molecule has 0 aliphatic carbocycles. The van der Waals surface area contributed by atoms with Gasteiger partial charge in [0, 0.05) is 17.6 Å². The van der Waals surface area contributed by atoms with Crippen LogP contribution in [-0.2, 0) is 23.9 Å². The number of anilines is 1. The lowest BCUT2D eigenvalue weighted by molar-refractivity contribution is -0.140. The molecule has 1 aromatic carbocycles. The van der Waals surface area contributed by atoms with E-state index in [1.165, 1.54) is 0 Å². The minimum atomic E-state index is -0.818. The quantitative estimate of drug-likeness (QED) is 0.225. The van der Waals surface area contributed by atoms with Gasteiger partial charge in [-0.3, -0.25) is 4.79 Å². The summed E-state index contributed by atoms with van der Waals surface area (Å²) >= 11 is 8.30. The van der Waals surface area contributed by atoms with Crippen LogP contribution in [-0.4, -0.2) is 48.1 Å². The van der Waals surface area contributed by atoms with Gasteiger partial charge in [0.05, 0.1) is 40.1 Å². The number of ether oxygens (including phenoxy) is 3. The minimum absolute atomic E-state index is 0.0245. The molecule has 2 heterocycles. The molecule has 0 radical (unpaired) electrons. The fourth-order valence-electron chi connectivity index (χ4n) is 4.04. The Bertz CT molecular complexity index is 1120. The Morgan fingerprint density at radius 1 is 0.944 bits per heavy atom. The molecule has 0 saturated carbocycles. The number of rotatable bonds is 8. The highest BCUT2D eigenvalue weighted by Crippen LogP contribution is 2.56. The Labute approximate surface area is 226 Å². The summed E-state index contributed by atoms with van der Waals surface area (Å²) < 4.78 is 16.9. The van der Waals surface area contributed by atoms with Crippen LogP contribution in [0.2, 0.25) is 0 Å². The first-order valence-electron chi connectivity index (χ1n) is 12.0. The van der Waals surface area contributed by atoms with E-state index < -0.39 is 17.5 Å². The van der Waals surface area contributed by atoms with Crippen molar-refractivity contribution in [3.63, 3.8) is 0 Å². The largest absolute Gasteiger partial charge is 0.494 e. The molecule has 0 N–H and O–H groups in total. The molecule has 0 unspecified atom stereocenters. The maximum absolute atomic E-state index is 13.3. The summed E-state index contributed by atoms with van der Waals surface area (Å²) in [4.78, 5) is 41.4. The van der Waals surface area contributed by atoms with E-state index >= 15 is 0 Å². The first kappa shape index (κ1) is 28.3. The zero-order valence-electron chi connectivity index (χ0n) is 21.4. The molecular formula is C26H31NO6S3. The van der Waals surface area contributed by atoms with Crippen LogP contribution in [0.3, 0.4) is 0 Å². The highest BCUT2D eigenvalue weighted by molar-refractivity contribution is 8.29. The molecule has 194 valence electrons. The van der Waals surface area contributed by atoms with Gasteiger partial charge in [-0.05, 0) is 59.2 Å². The second kappa shape index (κ2) is 11.8. The maximum Gasteiger partial charge on any atom is 0.346 e. The average molecular weight is 550 g/mol. The van der Waals surface area contributed by atoms with Crippen LogP contribution in [0, 0.1) is 0 Å². The van der Waals surface area contributed by atoms with Crippen LogP contribution >= 0.6 is 35.7 Å². The Kier molecular flexibility index (Phi) is 9.29. The number of carbonyl (C=O) groups is 3. The van der Waals surface area contributed by atoms with Crippen molar-refractivity contribution in [1.82, 2.24) is 0 Å². The van der Waals surface area contributed by atoms with Gasteiger partial charge >= 0.3 is 11.9 Å². The van der Waals surface area contributed by atoms with Gasteiger partial charge in [0.1, 0.15) is 15.6 Å². The fraction of sp³-hybridized carbons (Fsp3) is 0.462. The first-order chi connectivity index (χ1) is 17.1. The topological polar surface area (TPSA) is 82.1 Å². The summed E-state index contributed by atoms with van der Waals surface area (Å²) in [6.45, 7) is 11.9. The predicted octanol–water partition coefficient (Wildman–Crippen LogP) is 5.87. The zero-order valence-corrected chi connectivity index (χ0v) is 23.8. The molecule has 7 nitrogen and oxygen atoms in total. The highest BCUT2D eigenvalue weighted by Gasteiger charge is 2.46. The molecular weight excluding hydrogens is 518 g/mol. The van der Waals surface area contributed by atoms with E-state index in [9.17, 15) is 14.4 Å². The van der Waals surface area contributed by atoms with Gasteiger partial charge in [0.15, 0.2) is 0 Å². The number of esters is 2. The molecule has 2 aliphatic heterocycles. The molecule has 0 aromatic heterocycles. The van der Waals surface area contributed by atoms with Crippen LogP contribution < -0.4 is 9.64 Å². The number of nitrogens with zero attached hydrogens (tertiary/aromatic N) is 1. The van der Waals surface area contributed by atoms with Gasteiger partial charge in [-0.25, -0.2) is 9.59 Å². The third-order valence-electron chi connectivity index (χ3n) is 5.57. The lowest BCUT2D eigenvalue weighted by Gasteiger charge is -2.45. The first-order valence-corrected chi connectivity index (χ1v) is 14.0. The summed E-state index contributed by atoms with van der Waals surface area (Å²) in [5, 5.41) is 0. The van der Waals surface area contributed by atoms with Crippen molar-refractivity contribution in [3.8, 4) is 5.75 Å². The highest BCUT2D eigenvalue weighted by atomic mass is 32.2. The Morgan fingerprint density at radius 2 is 1.53 bits per heavy atom. The lowest BCUT2D eigenvalue weighted by atomic mass is 9.83. The van der Waals surface area contributed by atoms with Gasteiger partial charge in [0.25, 0.3) is 0 Å². The molecule has 0 bridgehead atoms. The van der Waals surface area contributed by atoms with Crippen LogP contribution in [0.4, 0.5) is 5.69 Å². The van der Waals surface area contributed by atoms with E-state index in [-0.39, 0.29) is 28.9 Å². The maximum atomic E-state index is 13.3. The smallest absolute Gasteiger partial charge is 0.346 e.